The molecule has 2 heterocycles. The number of nitrogens with zero attached hydrogens (tertiary/aromatic N) is 3. The van der Waals surface area contributed by atoms with E-state index in [4.69, 9.17) is 16.3 Å². The predicted octanol–water partition coefficient (Wildman–Crippen LogP) is 6.24. The van der Waals surface area contributed by atoms with Gasteiger partial charge in [0.05, 0.1) is 41.4 Å². The van der Waals surface area contributed by atoms with Gasteiger partial charge in [0.2, 0.25) is 0 Å². The quantitative estimate of drug-likeness (QED) is 0.327. The fourth-order valence-electron chi connectivity index (χ4n) is 3.57. The number of carbonyl (C=O) groups excluding carboxylic acids is 1. The van der Waals surface area contributed by atoms with E-state index in [1.165, 1.54) is 7.11 Å². The lowest BCUT2D eigenvalue weighted by Gasteiger charge is -2.21. The maximum atomic E-state index is 13.1. The van der Waals surface area contributed by atoms with E-state index in [0.29, 0.717) is 0 Å². The minimum absolute atomic E-state index is 0.0749. The number of aromatic nitrogens is 3. The average Bonchev–Trinajstić information content (AvgIpc) is 3.35. The molecule has 0 aliphatic carbocycles. The average molecular weight is 502 g/mol. The van der Waals surface area contributed by atoms with Crippen LogP contribution in [0.25, 0.3) is 0 Å². The lowest BCUT2D eigenvalue weighted by Crippen LogP contribution is -2.21. The number of amides is 2. The molecule has 0 saturated heterocycles. The molecule has 4 aromatic rings. The van der Waals surface area contributed by atoms with Gasteiger partial charge in [0.15, 0.2) is 0 Å². The van der Waals surface area contributed by atoms with Crippen LogP contribution < -0.4 is 15.4 Å². The van der Waals surface area contributed by atoms with E-state index in [2.05, 4.69) is 20.6 Å². The lowest BCUT2D eigenvalue weighted by molar-refractivity contribution is -0.137. The Morgan fingerprint density at radius 1 is 0.971 bits per heavy atom. The van der Waals surface area contributed by atoms with Gasteiger partial charge in [-0.05, 0) is 53.6 Å². The van der Waals surface area contributed by atoms with Crippen LogP contribution in [-0.4, -0.2) is 27.7 Å². The van der Waals surface area contributed by atoms with Crippen molar-refractivity contribution in [3.8, 4) is 5.75 Å². The van der Waals surface area contributed by atoms with Crippen LogP contribution in [0.15, 0.2) is 79.6 Å². The molecule has 7 nitrogen and oxygen atoms in total. The monoisotopic (exact) mass is 501 g/mol. The highest BCUT2D eigenvalue weighted by molar-refractivity contribution is 6.33. The fraction of sp³-hybridized carbons (Fsp3) is 0.125. The summed E-state index contributed by atoms with van der Waals surface area (Å²) in [6, 6.07) is 10.6. The van der Waals surface area contributed by atoms with E-state index in [1.807, 2.05) is 22.8 Å². The number of alkyl halides is 3. The second-order valence-electron chi connectivity index (χ2n) is 7.42. The highest BCUT2D eigenvalue weighted by Gasteiger charge is 2.31. The summed E-state index contributed by atoms with van der Waals surface area (Å²) in [5.41, 5.74) is 0.913. The summed E-state index contributed by atoms with van der Waals surface area (Å²) in [5.74, 6) is 0.0749. The number of ether oxygens (including phenoxy) is 1. The third kappa shape index (κ3) is 5.55. The Morgan fingerprint density at radius 3 is 2.37 bits per heavy atom. The highest BCUT2D eigenvalue weighted by atomic mass is 35.5. The summed E-state index contributed by atoms with van der Waals surface area (Å²) in [6.45, 7) is 0. The third-order valence-corrected chi connectivity index (χ3v) is 5.50. The third-order valence-electron chi connectivity index (χ3n) is 5.17. The molecule has 2 aromatic heterocycles. The summed E-state index contributed by atoms with van der Waals surface area (Å²) in [4.78, 5) is 20.9. The first-order valence-corrected chi connectivity index (χ1v) is 10.6. The van der Waals surface area contributed by atoms with Gasteiger partial charge in [0.25, 0.3) is 0 Å². The molecule has 2 amide bonds. The van der Waals surface area contributed by atoms with Crippen molar-refractivity contribution in [2.45, 2.75) is 12.2 Å². The van der Waals surface area contributed by atoms with E-state index < -0.39 is 17.8 Å². The largest absolute Gasteiger partial charge is 0.495 e. The van der Waals surface area contributed by atoms with E-state index in [1.54, 1.807) is 43.2 Å². The molecule has 0 spiro atoms. The number of rotatable bonds is 6. The van der Waals surface area contributed by atoms with E-state index in [9.17, 15) is 18.0 Å². The second-order valence-corrected chi connectivity index (χ2v) is 7.83. The standard InChI is InChI=1S/C24H19ClF3N5O2/c1-35-21-5-3-17(24(26,27)28)13-20(21)32-23(34)31-19-12-16(2-4-18(19)25)22(33-11-10-30-14-33)15-6-8-29-9-7-15/h2-14,22H,1H3,(H2,31,32,34). The minimum atomic E-state index is -4.58. The van der Waals surface area contributed by atoms with Gasteiger partial charge in [0, 0.05) is 24.8 Å². The van der Waals surface area contributed by atoms with Crippen LogP contribution in [0.5, 0.6) is 5.75 Å². The molecule has 4 rings (SSSR count). The molecule has 0 aliphatic rings. The zero-order chi connectivity index (χ0) is 25.0. The van der Waals surface area contributed by atoms with Crippen molar-refractivity contribution in [3.05, 3.63) is 101 Å². The van der Waals surface area contributed by atoms with Crippen molar-refractivity contribution in [2.24, 2.45) is 0 Å². The van der Waals surface area contributed by atoms with Gasteiger partial charge in [0.1, 0.15) is 5.75 Å². The molecular weight excluding hydrogens is 483 g/mol. The summed E-state index contributed by atoms with van der Waals surface area (Å²) >= 11 is 6.32. The first-order valence-electron chi connectivity index (χ1n) is 10.3. The number of halogens is 4. The first kappa shape index (κ1) is 24.1. The van der Waals surface area contributed by atoms with E-state index in [-0.39, 0.29) is 28.2 Å². The van der Waals surface area contributed by atoms with Gasteiger partial charge in [-0.1, -0.05) is 17.7 Å². The van der Waals surface area contributed by atoms with Gasteiger partial charge in [-0.3, -0.25) is 4.98 Å². The first-order chi connectivity index (χ1) is 16.8. The Balaban J connectivity index is 1.62. The maximum absolute atomic E-state index is 13.1. The number of anilines is 2. The number of methoxy groups -OCH3 is 1. The van der Waals surface area contributed by atoms with Crippen molar-refractivity contribution in [1.82, 2.24) is 14.5 Å². The molecule has 2 aromatic carbocycles. The van der Waals surface area contributed by atoms with Gasteiger partial charge in [-0.2, -0.15) is 13.2 Å². The topological polar surface area (TPSA) is 81.1 Å². The molecule has 1 unspecified atom stereocenters. The summed E-state index contributed by atoms with van der Waals surface area (Å²) in [5, 5.41) is 5.25. The molecular formula is C24H19ClF3N5O2. The van der Waals surface area contributed by atoms with Gasteiger partial charge in [-0.25, -0.2) is 9.78 Å². The molecule has 11 heteroatoms. The maximum Gasteiger partial charge on any atom is 0.416 e. The fourth-order valence-corrected chi connectivity index (χ4v) is 3.74. The molecule has 0 saturated carbocycles. The zero-order valence-corrected chi connectivity index (χ0v) is 19.0. The number of carbonyl (C=O) groups is 1. The molecule has 0 aliphatic heterocycles. The van der Waals surface area contributed by atoms with Gasteiger partial charge >= 0.3 is 12.2 Å². The lowest BCUT2D eigenvalue weighted by atomic mass is 9.99. The number of urea groups is 1. The molecule has 2 N–H and O–H groups in total. The van der Waals surface area contributed by atoms with Crippen LogP contribution in [0, 0.1) is 0 Å². The summed E-state index contributed by atoms with van der Waals surface area (Å²) < 4.78 is 46.3. The van der Waals surface area contributed by atoms with Crippen LogP contribution in [0.1, 0.15) is 22.7 Å². The molecule has 1 atom stereocenters. The predicted molar refractivity (Wildman–Crippen MR) is 126 cm³/mol. The van der Waals surface area contributed by atoms with E-state index in [0.717, 1.165) is 29.3 Å². The number of hydrogen-bond acceptors (Lipinski definition) is 4. The molecule has 0 radical (unpaired) electrons. The number of hydrogen-bond donors (Lipinski definition) is 2. The van der Waals surface area contributed by atoms with Crippen LogP contribution in [0.3, 0.4) is 0 Å². The smallest absolute Gasteiger partial charge is 0.416 e. The Hall–Kier alpha value is -4.05. The normalized spacial score (nSPS) is 12.1. The summed E-state index contributed by atoms with van der Waals surface area (Å²) in [7, 11) is 1.29. The van der Waals surface area contributed by atoms with E-state index >= 15 is 0 Å². The number of benzene rings is 2. The molecule has 0 bridgehead atoms. The Labute approximate surface area is 203 Å². The molecule has 35 heavy (non-hydrogen) atoms. The second kappa shape index (κ2) is 10.1. The Bertz CT molecular complexity index is 1310. The minimum Gasteiger partial charge on any atom is -0.495 e. The Morgan fingerprint density at radius 2 is 1.71 bits per heavy atom. The molecule has 180 valence electrons. The summed E-state index contributed by atoms with van der Waals surface area (Å²) in [6.07, 6.45) is 3.89. The zero-order valence-electron chi connectivity index (χ0n) is 18.3. The number of imidazole rings is 1. The SMILES string of the molecule is COc1ccc(C(F)(F)F)cc1NC(=O)Nc1cc(C(c2ccncc2)n2ccnc2)ccc1Cl. The van der Waals surface area contributed by atoms with Gasteiger partial charge in [-0.15, -0.1) is 0 Å². The molecule has 0 fully saturated rings. The van der Waals surface area contributed by atoms with Crippen molar-refractivity contribution in [3.63, 3.8) is 0 Å². The van der Waals surface area contributed by atoms with Crippen molar-refractivity contribution < 1.29 is 22.7 Å². The van der Waals surface area contributed by atoms with Crippen molar-refractivity contribution >= 4 is 29.0 Å². The van der Waals surface area contributed by atoms with Gasteiger partial charge < -0.3 is 19.9 Å². The number of nitrogens with one attached hydrogen (secondary N) is 2. The van der Waals surface area contributed by atoms with Crippen LogP contribution in [0.4, 0.5) is 29.3 Å². The highest BCUT2D eigenvalue weighted by Crippen LogP contribution is 2.35. The Kier molecular flexibility index (Phi) is 6.92. The number of pyridine rings is 1. The van der Waals surface area contributed by atoms with Crippen LogP contribution in [-0.2, 0) is 6.18 Å². The van der Waals surface area contributed by atoms with Crippen molar-refractivity contribution in [1.29, 1.82) is 0 Å². The van der Waals surface area contributed by atoms with Crippen LogP contribution >= 0.6 is 11.6 Å². The van der Waals surface area contributed by atoms with Crippen LogP contribution in [0.2, 0.25) is 5.02 Å². The van der Waals surface area contributed by atoms with Crippen molar-refractivity contribution in [2.75, 3.05) is 17.7 Å².